The van der Waals surface area contributed by atoms with Gasteiger partial charge in [-0.2, -0.15) is 0 Å². The Hall–Kier alpha value is -1.32. The Morgan fingerprint density at radius 1 is 1.21 bits per heavy atom. The molecule has 4 rings (SSSR count). The molecule has 2 unspecified atom stereocenters. The second-order valence-corrected chi connectivity index (χ2v) is 10.6. The number of aliphatic hydroxyl groups is 2. The van der Waals surface area contributed by atoms with E-state index < -0.39 is 59.7 Å². The van der Waals surface area contributed by atoms with Crippen LogP contribution in [0.25, 0.3) is 0 Å². The third-order valence-corrected chi connectivity index (χ3v) is 9.01. The van der Waals surface area contributed by atoms with Crippen LogP contribution in [0.2, 0.25) is 0 Å². The predicted octanol–water partition coefficient (Wildman–Crippen LogP) is -2.36. The molecule has 4 aliphatic rings. The molecule has 0 spiro atoms. The van der Waals surface area contributed by atoms with Gasteiger partial charge in [-0.3, -0.25) is 14.4 Å². The van der Waals surface area contributed by atoms with E-state index in [9.17, 15) is 34.5 Å². The number of carboxylic acid groups (broad SMARTS) is 1. The Morgan fingerprint density at radius 3 is 2.59 bits per heavy atom. The summed E-state index contributed by atoms with van der Waals surface area (Å²) in [5, 5.41) is 33.4. The van der Waals surface area contributed by atoms with E-state index in [2.05, 4.69) is 6.92 Å². The van der Waals surface area contributed by atoms with Crippen molar-refractivity contribution < 1.29 is 68.8 Å². The number of hydrogen-bond acceptors (Lipinski definition) is 8. The van der Waals surface area contributed by atoms with Gasteiger partial charge in [0.1, 0.15) is 5.60 Å². The number of hydrogen-bond donors (Lipinski definition) is 2. The standard InChI is InChI=1S/C25H32O8.Na/c1-23-9-7-15(26)11-14(23)3-4-16-17-8-10-25(32,24(17,2)12-18(27)22(16)23)19(28)13-33-21(31)6-5-20(29)30;/h7,9,11,16-18,22,27,32H,3-6,8,10,12-13H2,1-2H3,(H,29,30);/q;+1/p-1/t16-,17-,18-,22+,23?,24?,25-;/m0./s1. The molecule has 180 valence electrons. The summed E-state index contributed by atoms with van der Waals surface area (Å²) in [5.41, 5.74) is -2.02. The van der Waals surface area contributed by atoms with Crippen LogP contribution in [0.15, 0.2) is 23.8 Å². The van der Waals surface area contributed by atoms with Gasteiger partial charge >= 0.3 is 35.5 Å². The number of carbonyl (C=O) groups excluding carboxylic acids is 4. The van der Waals surface area contributed by atoms with Gasteiger partial charge in [-0.15, -0.1) is 0 Å². The van der Waals surface area contributed by atoms with Crippen LogP contribution in [0.4, 0.5) is 0 Å². The molecule has 0 radical (unpaired) electrons. The van der Waals surface area contributed by atoms with Crippen molar-refractivity contribution in [2.45, 2.75) is 70.5 Å². The summed E-state index contributed by atoms with van der Waals surface area (Å²) in [4.78, 5) is 47.2. The number of rotatable bonds is 6. The molecule has 7 atom stereocenters. The first kappa shape index (κ1) is 27.3. The molecule has 2 N–H and O–H groups in total. The number of aliphatic hydroxyl groups excluding tert-OH is 1. The largest absolute Gasteiger partial charge is 1.00 e. The molecule has 0 heterocycles. The Bertz CT molecular complexity index is 957. The topological polar surface area (TPSA) is 141 Å². The van der Waals surface area contributed by atoms with Gasteiger partial charge in [0.25, 0.3) is 0 Å². The second-order valence-electron chi connectivity index (χ2n) is 10.6. The van der Waals surface area contributed by atoms with Gasteiger partial charge in [-0.05, 0) is 62.5 Å². The minimum absolute atomic E-state index is 0. The Labute approximate surface area is 221 Å². The average Bonchev–Trinajstić information content (AvgIpc) is 3.02. The van der Waals surface area contributed by atoms with E-state index in [1.165, 1.54) is 0 Å². The van der Waals surface area contributed by atoms with E-state index in [1.54, 1.807) is 12.2 Å². The molecule has 3 saturated carbocycles. The molecule has 9 heteroatoms. The van der Waals surface area contributed by atoms with Gasteiger partial charge in [0.2, 0.25) is 5.78 Å². The van der Waals surface area contributed by atoms with Gasteiger partial charge < -0.3 is 24.9 Å². The van der Waals surface area contributed by atoms with Crippen LogP contribution in [-0.4, -0.2) is 52.0 Å². The first-order valence-corrected chi connectivity index (χ1v) is 11.7. The second kappa shape index (κ2) is 9.62. The van der Waals surface area contributed by atoms with Crippen LogP contribution in [-0.2, 0) is 23.9 Å². The molecular formula is C25H31NaO8. The molecule has 4 aliphatic carbocycles. The number of ketones is 2. The van der Waals surface area contributed by atoms with Crippen LogP contribution in [0, 0.1) is 28.6 Å². The molecule has 0 aromatic heterocycles. The fourth-order valence-corrected chi connectivity index (χ4v) is 7.33. The quantitative estimate of drug-likeness (QED) is 0.317. The zero-order valence-corrected chi connectivity index (χ0v) is 22.0. The number of esters is 1. The molecular weight excluding hydrogens is 451 g/mol. The van der Waals surface area contributed by atoms with Crippen molar-refractivity contribution >= 4 is 23.5 Å². The van der Waals surface area contributed by atoms with Crippen molar-refractivity contribution in [3.8, 4) is 0 Å². The fraction of sp³-hybridized carbons (Fsp3) is 0.680. The van der Waals surface area contributed by atoms with E-state index in [1.807, 2.05) is 13.0 Å². The molecule has 0 aromatic carbocycles. The van der Waals surface area contributed by atoms with Crippen LogP contribution in [0.3, 0.4) is 0 Å². The van der Waals surface area contributed by atoms with E-state index in [0.29, 0.717) is 6.42 Å². The Kier molecular flexibility index (Phi) is 7.71. The van der Waals surface area contributed by atoms with Gasteiger partial charge in [0.15, 0.2) is 12.4 Å². The fourth-order valence-electron chi connectivity index (χ4n) is 7.33. The monoisotopic (exact) mass is 482 g/mol. The average molecular weight is 483 g/mol. The van der Waals surface area contributed by atoms with Gasteiger partial charge in [0.05, 0.1) is 12.5 Å². The molecule has 0 aromatic rings. The number of ether oxygens (including phenoxy) is 1. The summed E-state index contributed by atoms with van der Waals surface area (Å²) in [6.07, 6.45) is 6.04. The Balaban J connectivity index is 0.00000324. The molecule has 0 saturated heterocycles. The number of allylic oxidation sites excluding steroid dienone is 4. The first-order chi connectivity index (χ1) is 15.4. The molecule has 0 bridgehead atoms. The summed E-state index contributed by atoms with van der Waals surface area (Å²) in [7, 11) is 0. The third kappa shape index (κ3) is 4.26. The van der Waals surface area contributed by atoms with E-state index >= 15 is 0 Å². The summed E-state index contributed by atoms with van der Waals surface area (Å²) in [6, 6.07) is 0. The summed E-state index contributed by atoms with van der Waals surface area (Å²) < 4.78 is 4.94. The zero-order valence-electron chi connectivity index (χ0n) is 20.0. The van der Waals surface area contributed by atoms with Crippen molar-refractivity contribution in [1.29, 1.82) is 0 Å². The number of carbonyl (C=O) groups is 4. The third-order valence-electron chi connectivity index (χ3n) is 9.01. The van der Waals surface area contributed by atoms with Crippen LogP contribution >= 0.6 is 0 Å². The maximum absolute atomic E-state index is 13.1. The van der Waals surface area contributed by atoms with Crippen molar-refractivity contribution in [2.24, 2.45) is 28.6 Å². The number of aliphatic carboxylic acids is 1. The van der Waals surface area contributed by atoms with Crippen LogP contribution in [0.1, 0.15) is 58.8 Å². The maximum Gasteiger partial charge on any atom is 1.00 e. The Morgan fingerprint density at radius 2 is 1.91 bits per heavy atom. The number of carboxylic acids is 1. The molecule has 0 amide bonds. The van der Waals surface area contributed by atoms with E-state index in [0.717, 1.165) is 18.4 Å². The van der Waals surface area contributed by atoms with Gasteiger partial charge in [-0.1, -0.05) is 25.5 Å². The van der Waals surface area contributed by atoms with Crippen molar-refractivity contribution in [1.82, 2.24) is 0 Å². The number of fused-ring (bicyclic) bond motifs is 5. The summed E-state index contributed by atoms with van der Waals surface area (Å²) in [5.74, 6) is -2.91. The molecule has 8 nitrogen and oxygen atoms in total. The maximum atomic E-state index is 13.1. The van der Waals surface area contributed by atoms with Crippen molar-refractivity contribution in [3.63, 3.8) is 0 Å². The minimum Gasteiger partial charge on any atom is -0.550 e. The SMILES string of the molecule is CC12C=CC(=O)C=C1CC[C@@H]1[C@@H]2[C@@H](O)CC2(C)[C@H]1CC[C@]2(O)C(=O)COC(=O)CCC(=O)[O-].[Na+]. The first-order valence-electron chi connectivity index (χ1n) is 11.7. The van der Waals surface area contributed by atoms with Crippen LogP contribution < -0.4 is 34.7 Å². The predicted molar refractivity (Wildman–Crippen MR) is 113 cm³/mol. The normalized spacial score (nSPS) is 40.2. The number of Topliss-reactive ketones (excluding diaryl/α,β-unsaturated/α-hetero) is 1. The smallest absolute Gasteiger partial charge is 0.550 e. The van der Waals surface area contributed by atoms with Crippen molar-refractivity contribution in [2.75, 3.05) is 6.61 Å². The zero-order chi connectivity index (χ0) is 24.2. The van der Waals surface area contributed by atoms with Crippen LogP contribution in [0.5, 0.6) is 0 Å². The molecule has 34 heavy (non-hydrogen) atoms. The van der Waals surface area contributed by atoms with Gasteiger partial charge in [-0.25, -0.2) is 0 Å². The van der Waals surface area contributed by atoms with E-state index in [-0.39, 0.29) is 65.9 Å². The summed E-state index contributed by atoms with van der Waals surface area (Å²) >= 11 is 0. The molecule has 0 aliphatic heterocycles. The summed E-state index contributed by atoms with van der Waals surface area (Å²) in [6.45, 7) is 3.26. The van der Waals surface area contributed by atoms with Crippen molar-refractivity contribution in [3.05, 3.63) is 23.8 Å². The minimum atomic E-state index is -1.74. The molecule has 3 fully saturated rings. The van der Waals surface area contributed by atoms with E-state index in [4.69, 9.17) is 4.74 Å². The van der Waals surface area contributed by atoms with Gasteiger partial charge in [0, 0.05) is 22.7 Å².